The molecule has 82 valence electrons. The first-order valence-corrected chi connectivity index (χ1v) is 5.20. The number of ether oxygens (including phenoxy) is 1. The van der Waals surface area contributed by atoms with Gasteiger partial charge >= 0.3 is 5.97 Å². The highest BCUT2D eigenvalue weighted by Crippen LogP contribution is 2.21. The molecule has 0 fully saturated rings. The number of hydrogen-bond acceptors (Lipinski definition) is 3. The van der Waals surface area contributed by atoms with Crippen molar-refractivity contribution in [2.24, 2.45) is 0 Å². The highest BCUT2D eigenvalue weighted by molar-refractivity contribution is 5.92. The summed E-state index contributed by atoms with van der Waals surface area (Å²) >= 11 is 0. The molecule has 1 aliphatic rings. The standard InChI is InChI=1S/C12H16O3/c1-3-15-12(14)9(2)7-10-5-4-6-11(13)8-10/h8H,2-7H2,1H3. The van der Waals surface area contributed by atoms with Gasteiger partial charge in [0.15, 0.2) is 5.78 Å². The van der Waals surface area contributed by atoms with E-state index in [9.17, 15) is 9.59 Å². The maximum absolute atomic E-state index is 11.3. The smallest absolute Gasteiger partial charge is 0.333 e. The van der Waals surface area contributed by atoms with Gasteiger partial charge in [-0.15, -0.1) is 0 Å². The molecular formula is C12H16O3. The molecule has 1 aliphatic carbocycles. The zero-order valence-electron chi connectivity index (χ0n) is 9.04. The molecule has 0 saturated carbocycles. The van der Waals surface area contributed by atoms with E-state index in [1.54, 1.807) is 13.0 Å². The zero-order valence-corrected chi connectivity index (χ0v) is 9.04. The highest BCUT2D eigenvalue weighted by Gasteiger charge is 2.14. The van der Waals surface area contributed by atoms with Gasteiger partial charge in [0.25, 0.3) is 0 Å². The third-order valence-electron chi connectivity index (χ3n) is 2.29. The van der Waals surface area contributed by atoms with Gasteiger partial charge in [0.1, 0.15) is 0 Å². The van der Waals surface area contributed by atoms with Crippen molar-refractivity contribution < 1.29 is 14.3 Å². The van der Waals surface area contributed by atoms with Gasteiger partial charge in [-0.1, -0.05) is 12.2 Å². The van der Waals surface area contributed by atoms with Crippen molar-refractivity contribution in [3.63, 3.8) is 0 Å². The number of esters is 1. The van der Waals surface area contributed by atoms with Crippen LogP contribution in [0.1, 0.15) is 32.6 Å². The Hall–Kier alpha value is -1.38. The van der Waals surface area contributed by atoms with Crippen molar-refractivity contribution in [1.82, 2.24) is 0 Å². The predicted molar refractivity (Wildman–Crippen MR) is 57.3 cm³/mol. The van der Waals surface area contributed by atoms with E-state index in [2.05, 4.69) is 6.58 Å². The van der Waals surface area contributed by atoms with Crippen LogP contribution in [0.25, 0.3) is 0 Å². The van der Waals surface area contributed by atoms with Gasteiger partial charge in [0.2, 0.25) is 0 Å². The Morgan fingerprint density at radius 2 is 2.27 bits per heavy atom. The number of ketones is 1. The summed E-state index contributed by atoms with van der Waals surface area (Å²) < 4.78 is 4.82. The molecule has 0 atom stereocenters. The van der Waals surface area contributed by atoms with Crippen molar-refractivity contribution in [2.45, 2.75) is 32.6 Å². The van der Waals surface area contributed by atoms with Crippen LogP contribution in [-0.2, 0) is 14.3 Å². The molecular weight excluding hydrogens is 192 g/mol. The van der Waals surface area contributed by atoms with Crippen LogP contribution in [0.5, 0.6) is 0 Å². The van der Waals surface area contributed by atoms with Gasteiger partial charge < -0.3 is 4.74 Å². The summed E-state index contributed by atoms with van der Waals surface area (Å²) in [6, 6.07) is 0. The Morgan fingerprint density at radius 1 is 1.53 bits per heavy atom. The van der Waals surface area contributed by atoms with Gasteiger partial charge in [-0.2, -0.15) is 0 Å². The second kappa shape index (κ2) is 5.49. The minimum Gasteiger partial charge on any atom is -0.463 e. The maximum atomic E-state index is 11.3. The van der Waals surface area contributed by atoms with E-state index in [-0.39, 0.29) is 11.8 Å². The molecule has 0 aromatic rings. The Bertz CT molecular complexity index is 313. The lowest BCUT2D eigenvalue weighted by Crippen LogP contribution is -2.09. The average Bonchev–Trinajstić information content (AvgIpc) is 2.18. The fourth-order valence-corrected chi connectivity index (χ4v) is 1.58. The molecule has 3 heteroatoms. The predicted octanol–water partition coefficient (Wildman–Crippen LogP) is 2.18. The van der Waals surface area contributed by atoms with Crippen LogP contribution in [0.3, 0.4) is 0 Å². The van der Waals surface area contributed by atoms with E-state index in [1.165, 1.54) is 0 Å². The molecule has 0 radical (unpaired) electrons. The molecule has 0 unspecified atom stereocenters. The summed E-state index contributed by atoms with van der Waals surface area (Å²) in [6.45, 7) is 5.78. The van der Waals surface area contributed by atoms with E-state index in [4.69, 9.17) is 4.74 Å². The van der Waals surface area contributed by atoms with E-state index < -0.39 is 0 Å². The Kier molecular flexibility index (Phi) is 4.28. The summed E-state index contributed by atoms with van der Waals surface area (Å²) in [7, 11) is 0. The quantitative estimate of drug-likeness (QED) is 0.525. The summed E-state index contributed by atoms with van der Waals surface area (Å²) in [6.07, 6.45) is 4.47. The molecule has 3 nitrogen and oxygen atoms in total. The van der Waals surface area contributed by atoms with Gasteiger partial charge in [0, 0.05) is 18.4 Å². The SMILES string of the molecule is C=C(CC1=CC(=O)CCC1)C(=O)OCC. The zero-order chi connectivity index (χ0) is 11.3. The van der Waals surface area contributed by atoms with E-state index in [0.29, 0.717) is 25.0 Å². The first-order valence-electron chi connectivity index (χ1n) is 5.20. The van der Waals surface area contributed by atoms with Crippen LogP contribution in [-0.4, -0.2) is 18.4 Å². The minimum atomic E-state index is -0.364. The van der Waals surface area contributed by atoms with Crippen LogP contribution in [0.15, 0.2) is 23.8 Å². The molecule has 0 bridgehead atoms. The van der Waals surface area contributed by atoms with Gasteiger partial charge in [0.05, 0.1) is 6.61 Å². The first-order chi connectivity index (χ1) is 7.13. The minimum absolute atomic E-state index is 0.146. The number of carbonyl (C=O) groups excluding carboxylic acids is 2. The van der Waals surface area contributed by atoms with Gasteiger partial charge in [-0.05, 0) is 25.8 Å². The van der Waals surface area contributed by atoms with Crippen LogP contribution in [0.2, 0.25) is 0 Å². The van der Waals surface area contributed by atoms with Crippen LogP contribution >= 0.6 is 0 Å². The maximum Gasteiger partial charge on any atom is 0.333 e. The van der Waals surface area contributed by atoms with Crippen molar-refractivity contribution in [3.8, 4) is 0 Å². The lowest BCUT2D eigenvalue weighted by Gasteiger charge is -2.12. The average molecular weight is 208 g/mol. The van der Waals surface area contributed by atoms with Crippen LogP contribution in [0, 0.1) is 0 Å². The third kappa shape index (κ3) is 3.70. The molecule has 0 N–H and O–H groups in total. The summed E-state index contributed by atoms with van der Waals surface area (Å²) in [5.74, 6) is -0.218. The molecule has 0 aromatic carbocycles. The monoisotopic (exact) mass is 208 g/mol. The molecule has 0 spiro atoms. The van der Waals surface area contributed by atoms with Crippen molar-refractivity contribution in [1.29, 1.82) is 0 Å². The van der Waals surface area contributed by atoms with Crippen LogP contribution < -0.4 is 0 Å². The fraction of sp³-hybridized carbons (Fsp3) is 0.500. The molecule has 15 heavy (non-hydrogen) atoms. The van der Waals surface area contributed by atoms with E-state index in [0.717, 1.165) is 18.4 Å². The van der Waals surface area contributed by atoms with Crippen molar-refractivity contribution in [3.05, 3.63) is 23.8 Å². The number of carbonyl (C=O) groups is 2. The lowest BCUT2D eigenvalue weighted by molar-refractivity contribution is -0.138. The Morgan fingerprint density at radius 3 is 2.87 bits per heavy atom. The second-order valence-electron chi connectivity index (χ2n) is 3.62. The largest absolute Gasteiger partial charge is 0.463 e. The van der Waals surface area contributed by atoms with Crippen LogP contribution in [0.4, 0.5) is 0 Å². The molecule has 0 amide bonds. The molecule has 0 saturated heterocycles. The number of rotatable bonds is 4. The second-order valence-corrected chi connectivity index (χ2v) is 3.62. The van der Waals surface area contributed by atoms with Crippen molar-refractivity contribution >= 4 is 11.8 Å². The summed E-state index contributed by atoms with van der Waals surface area (Å²) in [5.41, 5.74) is 1.42. The van der Waals surface area contributed by atoms with Crippen molar-refractivity contribution in [2.75, 3.05) is 6.61 Å². The topological polar surface area (TPSA) is 43.4 Å². The normalized spacial score (nSPS) is 15.8. The number of allylic oxidation sites excluding steroid dienone is 2. The van der Waals surface area contributed by atoms with E-state index in [1.807, 2.05) is 0 Å². The first kappa shape index (κ1) is 11.7. The molecule has 0 aliphatic heterocycles. The Balaban J connectivity index is 2.51. The third-order valence-corrected chi connectivity index (χ3v) is 2.29. The highest BCUT2D eigenvalue weighted by atomic mass is 16.5. The van der Waals surface area contributed by atoms with Gasteiger partial charge in [-0.25, -0.2) is 4.79 Å². The summed E-state index contributed by atoms with van der Waals surface area (Å²) in [4.78, 5) is 22.4. The molecule has 1 rings (SSSR count). The Labute approximate surface area is 89.8 Å². The summed E-state index contributed by atoms with van der Waals surface area (Å²) in [5, 5.41) is 0. The number of hydrogen-bond donors (Lipinski definition) is 0. The van der Waals surface area contributed by atoms with E-state index >= 15 is 0 Å². The van der Waals surface area contributed by atoms with Gasteiger partial charge in [-0.3, -0.25) is 4.79 Å². The molecule has 0 heterocycles. The fourth-order valence-electron chi connectivity index (χ4n) is 1.58. The molecule has 0 aromatic heterocycles. The lowest BCUT2D eigenvalue weighted by atomic mass is 9.94.